The van der Waals surface area contributed by atoms with E-state index in [-0.39, 0.29) is 34.7 Å². The minimum Gasteiger partial charge on any atom is -0.375 e. The summed E-state index contributed by atoms with van der Waals surface area (Å²) in [4.78, 5) is 12.5. The predicted molar refractivity (Wildman–Crippen MR) is 115 cm³/mol. The minimum atomic E-state index is -0.406. The van der Waals surface area contributed by atoms with E-state index in [1.54, 1.807) is 0 Å². The molecule has 0 aliphatic carbocycles. The van der Waals surface area contributed by atoms with Crippen LogP contribution in [0, 0.1) is 10.8 Å². The Kier molecular flexibility index (Phi) is 9.51. The van der Waals surface area contributed by atoms with E-state index in [9.17, 15) is 4.79 Å². The molecule has 0 saturated heterocycles. The summed E-state index contributed by atoms with van der Waals surface area (Å²) in [5.41, 5.74) is -0.846. The molecule has 0 aromatic heterocycles. The third-order valence-electron chi connectivity index (χ3n) is 4.61. The molecule has 162 valence electrons. The van der Waals surface area contributed by atoms with Gasteiger partial charge in [-0.25, -0.2) is 0 Å². The highest BCUT2D eigenvalue weighted by molar-refractivity contribution is 5.82. The molecule has 0 aliphatic rings. The Morgan fingerprint density at radius 3 is 1.81 bits per heavy atom. The fraction of sp³-hybridized carbons (Fsp3) is 0.957. The van der Waals surface area contributed by atoms with Crippen molar-refractivity contribution in [2.45, 2.75) is 126 Å². The molecule has 0 fully saturated rings. The first-order valence-corrected chi connectivity index (χ1v) is 10.5. The molecule has 4 nitrogen and oxygen atoms in total. The van der Waals surface area contributed by atoms with Crippen LogP contribution in [0.2, 0.25) is 0 Å². The van der Waals surface area contributed by atoms with Crippen molar-refractivity contribution in [2.75, 3.05) is 6.61 Å². The zero-order valence-corrected chi connectivity index (χ0v) is 20.2. The summed E-state index contributed by atoms with van der Waals surface area (Å²) < 4.78 is 12.2. The first-order valence-electron chi connectivity index (χ1n) is 10.5. The smallest absolute Gasteiger partial charge is 0.225 e. The van der Waals surface area contributed by atoms with Crippen LogP contribution >= 0.6 is 0 Å². The van der Waals surface area contributed by atoms with E-state index in [0.717, 1.165) is 19.3 Å². The lowest BCUT2D eigenvalue weighted by atomic mass is 9.70. The monoisotopic (exact) mass is 385 g/mol. The summed E-state index contributed by atoms with van der Waals surface area (Å²) in [6.45, 7) is 25.8. The van der Waals surface area contributed by atoms with Crippen molar-refractivity contribution in [2.24, 2.45) is 10.8 Å². The van der Waals surface area contributed by atoms with Crippen molar-refractivity contribution in [1.29, 1.82) is 0 Å². The van der Waals surface area contributed by atoms with Crippen LogP contribution in [-0.2, 0) is 14.3 Å². The van der Waals surface area contributed by atoms with E-state index in [1.807, 2.05) is 27.7 Å². The minimum absolute atomic E-state index is 0.00866. The largest absolute Gasteiger partial charge is 0.375 e. The highest BCUT2D eigenvalue weighted by Gasteiger charge is 2.38. The first-order chi connectivity index (χ1) is 11.9. The third kappa shape index (κ3) is 11.7. The molecule has 0 radical (unpaired) electrons. The molecule has 27 heavy (non-hydrogen) atoms. The normalized spacial score (nSPS) is 14.1. The number of carbonyl (C=O) groups excluding carboxylic acids is 1. The van der Waals surface area contributed by atoms with Crippen molar-refractivity contribution >= 4 is 5.91 Å². The lowest BCUT2D eigenvalue weighted by Crippen LogP contribution is -2.44. The Labute approximate surface area is 169 Å². The van der Waals surface area contributed by atoms with Crippen molar-refractivity contribution < 1.29 is 14.3 Å². The van der Waals surface area contributed by atoms with Crippen molar-refractivity contribution in [3.05, 3.63) is 0 Å². The molecule has 0 aromatic rings. The van der Waals surface area contributed by atoms with Gasteiger partial charge in [0.1, 0.15) is 0 Å². The summed E-state index contributed by atoms with van der Waals surface area (Å²) in [5.74, 6) is 0.122. The maximum Gasteiger partial charge on any atom is 0.225 e. The van der Waals surface area contributed by atoms with Gasteiger partial charge in [0.05, 0.1) is 23.9 Å². The van der Waals surface area contributed by atoms with Crippen LogP contribution in [0.15, 0.2) is 0 Å². The average molecular weight is 386 g/mol. The molecule has 0 atom stereocenters. The van der Waals surface area contributed by atoms with Gasteiger partial charge in [0.15, 0.2) is 0 Å². The molecular weight excluding hydrogens is 338 g/mol. The molecular formula is C23H47NO3. The second kappa shape index (κ2) is 9.73. The first kappa shape index (κ1) is 26.4. The average Bonchev–Trinajstić information content (AvgIpc) is 2.31. The number of rotatable bonds is 12. The molecule has 0 rings (SSSR count). The van der Waals surface area contributed by atoms with E-state index in [0.29, 0.717) is 6.61 Å². The Morgan fingerprint density at radius 2 is 1.37 bits per heavy atom. The van der Waals surface area contributed by atoms with E-state index in [4.69, 9.17) is 9.47 Å². The van der Waals surface area contributed by atoms with Gasteiger partial charge in [-0.3, -0.25) is 4.79 Å². The van der Waals surface area contributed by atoms with Gasteiger partial charge in [-0.15, -0.1) is 0 Å². The maximum absolute atomic E-state index is 12.5. The molecule has 1 amide bonds. The highest BCUT2D eigenvalue weighted by atomic mass is 16.5. The van der Waals surface area contributed by atoms with Gasteiger partial charge in [-0.1, -0.05) is 27.7 Å². The van der Waals surface area contributed by atoms with E-state index in [1.165, 1.54) is 0 Å². The summed E-state index contributed by atoms with van der Waals surface area (Å²) in [6, 6.07) is 0.163. The van der Waals surface area contributed by atoms with Crippen LogP contribution in [0.5, 0.6) is 0 Å². The van der Waals surface area contributed by atoms with Gasteiger partial charge in [0.2, 0.25) is 5.91 Å². The Hall–Kier alpha value is -0.610. The summed E-state index contributed by atoms with van der Waals surface area (Å²) in [7, 11) is 0. The molecule has 0 saturated carbocycles. The predicted octanol–water partition coefficient (Wildman–Crippen LogP) is 5.73. The van der Waals surface area contributed by atoms with E-state index >= 15 is 0 Å². The lowest BCUT2D eigenvalue weighted by Gasteiger charge is -2.40. The Balaban J connectivity index is 4.74. The van der Waals surface area contributed by atoms with Gasteiger partial charge in [0, 0.05) is 11.5 Å². The maximum atomic E-state index is 12.5. The van der Waals surface area contributed by atoms with Crippen LogP contribution in [-0.4, -0.2) is 35.9 Å². The molecule has 0 spiro atoms. The summed E-state index contributed by atoms with van der Waals surface area (Å²) in [5, 5.41) is 3.05. The zero-order valence-electron chi connectivity index (χ0n) is 20.2. The molecule has 1 N–H and O–H groups in total. The SMILES string of the molecule is CC(C)NC(=O)C(C)(C)CC(C)(C)CC(C)(C)OCCC(C)(C)OC(C)C. The van der Waals surface area contributed by atoms with Crippen LogP contribution < -0.4 is 5.32 Å². The fourth-order valence-electron chi connectivity index (χ4n) is 4.27. The van der Waals surface area contributed by atoms with Gasteiger partial charge in [-0.2, -0.15) is 0 Å². The number of hydrogen-bond acceptors (Lipinski definition) is 3. The van der Waals surface area contributed by atoms with Crippen LogP contribution in [0.3, 0.4) is 0 Å². The summed E-state index contributed by atoms with van der Waals surface area (Å²) in [6.07, 6.45) is 2.78. The molecule has 0 aromatic carbocycles. The summed E-state index contributed by atoms with van der Waals surface area (Å²) >= 11 is 0. The quantitative estimate of drug-likeness (QED) is 0.466. The van der Waals surface area contributed by atoms with Crippen molar-refractivity contribution in [3.8, 4) is 0 Å². The molecule has 0 aliphatic heterocycles. The van der Waals surface area contributed by atoms with Crippen LogP contribution in [0.1, 0.15) is 102 Å². The van der Waals surface area contributed by atoms with Crippen LogP contribution in [0.4, 0.5) is 0 Å². The topological polar surface area (TPSA) is 47.6 Å². The number of nitrogens with one attached hydrogen (secondary N) is 1. The Bertz CT molecular complexity index is 462. The van der Waals surface area contributed by atoms with E-state index in [2.05, 4.69) is 60.7 Å². The fourth-order valence-corrected chi connectivity index (χ4v) is 4.27. The zero-order chi connectivity index (χ0) is 21.7. The van der Waals surface area contributed by atoms with Crippen molar-refractivity contribution in [3.63, 3.8) is 0 Å². The number of hydrogen-bond donors (Lipinski definition) is 1. The number of ether oxygens (including phenoxy) is 2. The Morgan fingerprint density at radius 1 is 0.852 bits per heavy atom. The van der Waals surface area contributed by atoms with Crippen molar-refractivity contribution in [1.82, 2.24) is 5.32 Å². The van der Waals surface area contributed by atoms with Crippen LogP contribution in [0.25, 0.3) is 0 Å². The lowest BCUT2D eigenvalue weighted by molar-refractivity contribution is -0.133. The van der Waals surface area contributed by atoms with E-state index < -0.39 is 5.41 Å². The second-order valence-electron chi connectivity index (χ2n) is 11.3. The van der Waals surface area contributed by atoms with Gasteiger partial charge in [0.25, 0.3) is 0 Å². The molecule has 0 unspecified atom stereocenters. The molecule has 0 heterocycles. The molecule has 0 bridgehead atoms. The standard InChI is InChI=1S/C23H47NO3/c1-17(2)24-19(25)21(7,8)15-20(5,6)16-23(11,12)26-14-13-22(9,10)27-18(3)4/h17-18H,13-16H2,1-12H3,(H,24,25). The second-order valence-corrected chi connectivity index (χ2v) is 11.3. The molecule has 4 heteroatoms. The highest BCUT2D eigenvalue weighted by Crippen LogP contribution is 2.40. The number of amides is 1. The van der Waals surface area contributed by atoms with Gasteiger partial charge < -0.3 is 14.8 Å². The van der Waals surface area contributed by atoms with Gasteiger partial charge >= 0.3 is 0 Å². The third-order valence-corrected chi connectivity index (χ3v) is 4.61. The number of carbonyl (C=O) groups is 1. The van der Waals surface area contributed by atoms with Gasteiger partial charge in [-0.05, 0) is 80.1 Å².